The van der Waals surface area contributed by atoms with Crippen LogP contribution in [-0.4, -0.2) is 43.0 Å². The zero-order valence-electron chi connectivity index (χ0n) is 11.7. The van der Waals surface area contributed by atoms with E-state index in [1.165, 1.54) is 0 Å². The van der Waals surface area contributed by atoms with Gasteiger partial charge in [-0.05, 0) is 19.0 Å². The van der Waals surface area contributed by atoms with Crippen LogP contribution in [0.2, 0.25) is 0 Å². The lowest BCUT2D eigenvalue weighted by Gasteiger charge is -2.37. The molecule has 1 heterocycles. The lowest BCUT2D eigenvalue weighted by Crippen LogP contribution is -2.58. The smallest absolute Gasteiger partial charge is 0.234 e. The first-order chi connectivity index (χ1) is 9.20. The zero-order chi connectivity index (χ0) is 13.7. The Morgan fingerprint density at radius 1 is 1.42 bits per heavy atom. The van der Waals surface area contributed by atoms with Gasteiger partial charge in [0, 0.05) is 19.1 Å². The summed E-state index contributed by atoms with van der Waals surface area (Å²) in [7, 11) is 0. The molecule has 0 bridgehead atoms. The molecule has 1 unspecified atom stereocenters. The lowest BCUT2D eigenvalue weighted by atomic mass is 10.1. The van der Waals surface area contributed by atoms with Gasteiger partial charge in [0.2, 0.25) is 5.91 Å². The molecule has 0 spiro atoms. The van der Waals surface area contributed by atoms with Crippen molar-refractivity contribution in [3.05, 3.63) is 35.9 Å². The summed E-state index contributed by atoms with van der Waals surface area (Å²) >= 11 is 0. The maximum Gasteiger partial charge on any atom is 0.234 e. The highest BCUT2D eigenvalue weighted by Crippen LogP contribution is 2.11. The Labute approximate surface area is 115 Å². The van der Waals surface area contributed by atoms with Crippen LogP contribution in [-0.2, 0) is 4.79 Å². The number of benzene rings is 1. The van der Waals surface area contributed by atoms with Crippen LogP contribution in [0.3, 0.4) is 0 Å². The van der Waals surface area contributed by atoms with Crippen LogP contribution >= 0.6 is 0 Å². The number of likely N-dealkylation sites (N-methyl/N-ethyl adjacent to an activating group) is 1. The molecule has 1 saturated heterocycles. The SMILES string of the molecule is CCN(CC(=O)NC(C)c1ccccc1)C1CNC1. The zero-order valence-corrected chi connectivity index (χ0v) is 11.7. The Morgan fingerprint density at radius 2 is 2.11 bits per heavy atom. The van der Waals surface area contributed by atoms with E-state index in [0.29, 0.717) is 12.6 Å². The summed E-state index contributed by atoms with van der Waals surface area (Å²) in [6.45, 7) is 7.52. The average Bonchev–Trinajstić information content (AvgIpc) is 2.36. The van der Waals surface area contributed by atoms with Crippen molar-refractivity contribution in [2.24, 2.45) is 0 Å². The largest absolute Gasteiger partial charge is 0.348 e. The van der Waals surface area contributed by atoms with Crippen molar-refractivity contribution in [2.75, 3.05) is 26.2 Å². The van der Waals surface area contributed by atoms with Gasteiger partial charge in [-0.3, -0.25) is 9.69 Å². The highest BCUT2D eigenvalue weighted by atomic mass is 16.2. The van der Waals surface area contributed by atoms with Gasteiger partial charge in [-0.1, -0.05) is 37.3 Å². The van der Waals surface area contributed by atoms with E-state index in [-0.39, 0.29) is 11.9 Å². The van der Waals surface area contributed by atoms with Gasteiger partial charge in [0.1, 0.15) is 0 Å². The summed E-state index contributed by atoms with van der Waals surface area (Å²) in [5, 5.41) is 6.31. The van der Waals surface area contributed by atoms with Crippen LogP contribution in [0.5, 0.6) is 0 Å². The first kappa shape index (κ1) is 14.0. The van der Waals surface area contributed by atoms with Gasteiger partial charge in [0.05, 0.1) is 12.6 Å². The molecule has 4 nitrogen and oxygen atoms in total. The van der Waals surface area contributed by atoms with E-state index < -0.39 is 0 Å². The van der Waals surface area contributed by atoms with Crippen LogP contribution in [0.1, 0.15) is 25.5 Å². The molecule has 0 radical (unpaired) electrons. The summed E-state index contributed by atoms with van der Waals surface area (Å²) in [6, 6.07) is 10.6. The second-order valence-electron chi connectivity index (χ2n) is 5.08. The number of hydrogen-bond donors (Lipinski definition) is 2. The highest BCUT2D eigenvalue weighted by molar-refractivity contribution is 5.78. The predicted molar refractivity (Wildman–Crippen MR) is 76.9 cm³/mol. The van der Waals surface area contributed by atoms with Crippen molar-refractivity contribution < 1.29 is 4.79 Å². The van der Waals surface area contributed by atoms with Gasteiger partial charge >= 0.3 is 0 Å². The molecule has 1 aliphatic heterocycles. The van der Waals surface area contributed by atoms with E-state index in [0.717, 1.165) is 25.2 Å². The predicted octanol–water partition coefficient (Wildman–Crippen LogP) is 1.16. The molecule has 104 valence electrons. The molecule has 0 aliphatic carbocycles. The number of hydrogen-bond acceptors (Lipinski definition) is 3. The lowest BCUT2D eigenvalue weighted by molar-refractivity contribution is -0.123. The fourth-order valence-electron chi connectivity index (χ4n) is 2.33. The van der Waals surface area contributed by atoms with Gasteiger partial charge in [0.25, 0.3) is 0 Å². The van der Waals surface area contributed by atoms with E-state index in [1.807, 2.05) is 37.3 Å². The molecule has 1 atom stereocenters. The van der Waals surface area contributed by atoms with Gasteiger partial charge in [-0.15, -0.1) is 0 Å². The van der Waals surface area contributed by atoms with Gasteiger partial charge < -0.3 is 10.6 Å². The van der Waals surface area contributed by atoms with Crippen molar-refractivity contribution in [3.63, 3.8) is 0 Å². The molecule has 0 aromatic heterocycles. The molecule has 1 aromatic carbocycles. The normalized spacial score (nSPS) is 17.0. The Balaban J connectivity index is 1.83. The van der Waals surface area contributed by atoms with Crippen LogP contribution in [0.15, 0.2) is 30.3 Å². The first-order valence-electron chi connectivity index (χ1n) is 6.99. The minimum Gasteiger partial charge on any atom is -0.348 e. The fraction of sp³-hybridized carbons (Fsp3) is 0.533. The quantitative estimate of drug-likeness (QED) is 0.807. The van der Waals surface area contributed by atoms with E-state index in [1.54, 1.807) is 0 Å². The molecule has 1 fully saturated rings. The van der Waals surface area contributed by atoms with Crippen molar-refractivity contribution >= 4 is 5.91 Å². The van der Waals surface area contributed by atoms with Gasteiger partial charge in [-0.2, -0.15) is 0 Å². The monoisotopic (exact) mass is 261 g/mol. The number of rotatable bonds is 6. The highest BCUT2D eigenvalue weighted by Gasteiger charge is 2.25. The summed E-state index contributed by atoms with van der Waals surface area (Å²) < 4.78 is 0. The average molecular weight is 261 g/mol. The Kier molecular flexibility index (Phi) is 4.93. The van der Waals surface area contributed by atoms with Gasteiger partial charge in [-0.25, -0.2) is 0 Å². The first-order valence-corrected chi connectivity index (χ1v) is 6.99. The number of nitrogens with zero attached hydrogens (tertiary/aromatic N) is 1. The van der Waals surface area contributed by atoms with E-state index in [4.69, 9.17) is 0 Å². The third kappa shape index (κ3) is 3.78. The minimum absolute atomic E-state index is 0.0620. The molecular weight excluding hydrogens is 238 g/mol. The van der Waals surface area contributed by atoms with E-state index >= 15 is 0 Å². The van der Waals surface area contributed by atoms with Crippen molar-refractivity contribution in [2.45, 2.75) is 25.9 Å². The molecule has 4 heteroatoms. The number of nitrogens with one attached hydrogen (secondary N) is 2. The number of amides is 1. The maximum atomic E-state index is 12.1. The number of carbonyl (C=O) groups is 1. The molecular formula is C15H23N3O. The fourth-order valence-corrected chi connectivity index (χ4v) is 2.33. The maximum absolute atomic E-state index is 12.1. The topological polar surface area (TPSA) is 44.4 Å². The number of carbonyl (C=O) groups excluding carboxylic acids is 1. The van der Waals surface area contributed by atoms with Crippen molar-refractivity contribution in [1.82, 2.24) is 15.5 Å². The van der Waals surface area contributed by atoms with Crippen molar-refractivity contribution in [1.29, 1.82) is 0 Å². The molecule has 1 aromatic rings. The Hall–Kier alpha value is -1.39. The molecule has 19 heavy (non-hydrogen) atoms. The van der Waals surface area contributed by atoms with Crippen LogP contribution in [0.25, 0.3) is 0 Å². The summed E-state index contributed by atoms with van der Waals surface area (Å²) in [4.78, 5) is 14.3. The summed E-state index contributed by atoms with van der Waals surface area (Å²) in [6.07, 6.45) is 0. The molecule has 2 rings (SSSR count). The molecule has 0 saturated carbocycles. The Morgan fingerprint density at radius 3 is 2.63 bits per heavy atom. The van der Waals surface area contributed by atoms with Gasteiger partial charge in [0.15, 0.2) is 0 Å². The summed E-state index contributed by atoms with van der Waals surface area (Å²) in [5.41, 5.74) is 1.14. The van der Waals surface area contributed by atoms with E-state index in [2.05, 4.69) is 22.5 Å². The molecule has 2 N–H and O–H groups in total. The van der Waals surface area contributed by atoms with Crippen LogP contribution in [0.4, 0.5) is 0 Å². The molecule has 1 amide bonds. The van der Waals surface area contributed by atoms with Crippen molar-refractivity contribution in [3.8, 4) is 0 Å². The van der Waals surface area contributed by atoms with Crippen LogP contribution in [0, 0.1) is 0 Å². The summed E-state index contributed by atoms with van der Waals surface area (Å²) in [5.74, 6) is 0.102. The third-order valence-electron chi connectivity index (χ3n) is 3.71. The van der Waals surface area contributed by atoms with Crippen LogP contribution < -0.4 is 10.6 Å². The standard InChI is InChI=1S/C15H23N3O/c1-3-18(14-9-16-10-14)11-15(19)17-12(2)13-7-5-4-6-8-13/h4-8,12,14,16H,3,9-11H2,1-2H3,(H,17,19). The third-order valence-corrected chi connectivity index (χ3v) is 3.71. The second-order valence-corrected chi connectivity index (χ2v) is 5.08. The second kappa shape index (κ2) is 6.68. The molecule has 1 aliphatic rings. The minimum atomic E-state index is 0.0620. The Bertz CT molecular complexity index is 403. The van der Waals surface area contributed by atoms with E-state index in [9.17, 15) is 4.79 Å².